The molecule has 3 aromatic rings. The van der Waals surface area contributed by atoms with Gasteiger partial charge < -0.3 is 20.5 Å². The molecule has 1 saturated carbocycles. The van der Waals surface area contributed by atoms with E-state index in [2.05, 4.69) is 34.9 Å². The second-order valence-corrected chi connectivity index (χ2v) is 9.07. The van der Waals surface area contributed by atoms with Crippen LogP contribution in [0.15, 0.2) is 72.8 Å². The van der Waals surface area contributed by atoms with E-state index < -0.39 is 12.1 Å². The molecule has 35 heavy (non-hydrogen) atoms. The lowest BCUT2D eigenvalue weighted by atomic mass is 9.98. The molecule has 2 amide bonds. The van der Waals surface area contributed by atoms with E-state index in [0.29, 0.717) is 24.2 Å². The zero-order valence-corrected chi connectivity index (χ0v) is 19.1. The highest BCUT2D eigenvalue weighted by atomic mass is 16.5. The number of nitrogens with one attached hydrogen (secondary N) is 2. The Bertz CT molecular complexity index is 1240. The fourth-order valence-electron chi connectivity index (χ4n) is 4.83. The third-order valence-corrected chi connectivity index (χ3v) is 6.66. The van der Waals surface area contributed by atoms with Gasteiger partial charge in [-0.1, -0.05) is 60.7 Å². The predicted octanol–water partition coefficient (Wildman–Crippen LogP) is 4.43. The van der Waals surface area contributed by atoms with Crippen LogP contribution in [0, 0.1) is 11.8 Å². The minimum absolute atomic E-state index is 0.00416. The number of fused-ring (bicyclic) bond motifs is 3. The number of amides is 2. The summed E-state index contributed by atoms with van der Waals surface area (Å²) >= 11 is 0. The number of rotatable bonds is 8. The molecule has 0 aromatic heterocycles. The number of hydrogen-bond acceptors (Lipinski definition) is 4. The quantitative estimate of drug-likeness (QED) is 0.452. The van der Waals surface area contributed by atoms with Gasteiger partial charge in [0.2, 0.25) is 5.91 Å². The molecule has 2 aliphatic carbocycles. The molecule has 0 saturated heterocycles. The number of carboxylic acids is 1. The van der Waals surface area contributed by atoms with Crippen LogP contribution in [0.4, 0.5) is 10.5 Å². The fraction of sp³-hybridized carbons (Fsp3) is 0.250. The molecule has 0 heterocycles. The SMILES string of the molecule is O=C(O)Cc1cccc(NC(=O)[C@@H]2C[C@@H]2CNC(=O)OCC2c3ccccc3-c3ccccc32)c1. The summed E-state index contributed by atoms with van der Waals surface area (Å²) in [6.45, 7) is 0.620. The minimum atomic E-state index is -0.921. The first-order valence-electron chi connectivity index (χ1n) is 11.7. The summed E-state index contributed by atoms with van der Waals surface area (Å²) in [5.74, 6) is -1.18. The number of carbonyl (C=O) groups is 3. The lowest BCUT2D eigenvalue weighted by molar-refractivity contribution is -0.136. The number of carbonyl (C=O) groups excluding carboxylic acids is 2. The van der Waals surface area contributed by atoms with E-state index in [1.807, 2.05) is 24.3 Å². The summed E-state index contributed by atoms with van der Waals surface area (Å²) < 4.78 is 5.56. The van der Waals surface area contributed by atoms with Gasteiger partial charge in [0.05, 0.1) is 6.42 Å². The first-order valence-corrected chi connectivity index (χ1v) is 11.7. The van der Waals surface area contributed by atoms with E-state index in [-0.39, 0.29) is 36.7 Å². The highest BCUT2D eigenvalue weighted by Gasteiger charge is 2.43. The van der Waals surface area contributed by atoms with E-state index in [1.54, 1.807) is 24.3 Å². The van der Waals surface area contributed by atoms with Crippen LogP contribution in [-0.2, 0) is 20.7 Å². The summed E-state index contributed by atoms with van der Waals surface area (Å²) in [6.07, 6.45) is 0.101. The maximum absolute atomic E-state index is 12.5. The second-order valence-electron chi connectivity index (χ2n) is 9.07. The second kappa shape index (κ2) is 9.62. The van der Waals surface area contributed by atoms with Crippen molar-refractivity contribution >= 4 is 23.7 Å². The van der Waals surface area contributed by atoms with Crippen molar-refractivity contribution in [1.29, 1.82) is 0 Å². The number of benzene rings is 3. The lowest BCUT2D eigenvalue weighted by Gasteiger charge is -2.14. The third-order valence-electron chi connectivity index (χ3n) is 6.66. The number of ether oxygens (including phenoxy) is 1. The maximum atomic E-state index is 12.5. The van der Waals surface area contributed by atoms with Gasteiger partial charge in [-0.05, 0) is 52.3 Å². The standard InChI is InChI=1S/C28H26N2O5/c31-26(32)13-17-6-5-7-19(12-17)30-27(33)24-14-18(24)15-29-28(34)35-16-25-22-10-3-1-8-20(22)21-9-2-4-11-23(21)25/h1-12,18,24-25H,13-16H2,(H,29,34)(H,30,33)(H,31,32)/t18-,24-/m1/s1. The van der Waals surface area contributed by atoms with Crippen LogP contribution in [0.2, 0.25) is 0 Å². The molecule has 0 unspecified atom stereocenters. The Balaban J connectivity index is 1.09. The predicted molar refractivity (Wildman–Crippen MR) is 131 cm³/mol. The van der Waals surface area contributed by atoms with Crippen LogP contribution >= 0.6 is 0 Å². The zero-order valence-electron chi connectivity index (χ0n) is 19.1. The van der Waals surface area contributed by atoms with E-state index in [4.69, 9.17) is 9.84 Å². The molecule has 0 bridgehead atoms. The van der Waals surface area contributed by atoms with Crippen LogP contribution in [0.1, 0.15) is 29.0 Å². The van der Waals surface area contributed by atoms with Gasteiger partial charge in [-0.2, -0.15) is 0 Å². The number of hydrogen-bond donors (Lipinski definition) is 3. The van der Waals surface area contributed by atoms with Crippen molar-refractivity contribution in [3.63, 3.8) is 0 Å². The van der Waals surface area contributed by atoms with Gasteiger partial charge in [-0.25, -0.2) is 4.79 Å². The summed E-state index contributed by atoms with van der Waals surface area (Å²) in [5.41, 5.74) is 5.87. The Kier molecular flexibility index (Phi) is 6.23. The molecule has 5 rings (SSSR count). The molecule has 1 fully saturated rings. The van der Waals surface area contributed by atoms with Gasteiger partial charge in [0, 0.05) is 24.1 Å². The van der Waals surface area contributed by atoms with E-state index >= 15 is 0 Å². The topological polar surface area (TPSA) is 105 Å². The molecule has 3 aromatic carbocycles. The van der Waals surface area contributed by atoms with E-state index in [0.717, 1.165) is 11.1 Å². The van der Waals surface area contributed by atoms with Gasteiger partial charge >= 0.3 is 12.1 Å². The highest BCUT2D eigenvalue weighted by molar-refractivity contribution is 5.94. The number of alkyl carbamates (subject to hydrolysis) is 1. The van der Waals surface area contributed by atoms with Crippen LogP contribution in [0.5, 0.6) is 0 Å². The highest BCUT2D eigenvalue weighted by Crippen LogP contribution is 2.44. The Morgan fingerprint density at radius 1 is 0.914 bits per heavy atom. The van der Waals surface area contributed by atoms with Crippen molar-refractivity contribution in [1.82, 2.24) is 5.32 Å². The van der Waals surface area contributed by atoms with Crippen molar-refractivity contribution in [2.75, 3.05) is 18.5 Å². The van der Waals surface area contributed by atoms with E-state index in [1.165, 1.54) is 11.1 Å². The molecular weight excluding hydrogens is 444 g/mol. The normalized spacial score (nSPS) is 17.7. The maximum Gasteiger partial charge on any atom is 0.407 e. The average molecular weight is 471 g/mol. The molecular formula is C28H26N2O5. The summed E-state index contributed by atoms with van der Waals surface area (Å²) in [4.78, 5) is 35.8. The monoisotopic (exact) mass is 470 g/mol. The largest absolute Gasteiger partial charge is 0.481 e. The van der Waals surface area contributed by atoms with Crippen molar-refractivity contribution in [3.05, 3.63) is 89.5 Å². The summed E-state index contributed by atoms with van der Waals surface area (Å²) in [5, 5.41) is 14.6. The molecule has 0 spiro atoms. The van der Waals surface area contributed by atoms with Gasteiger partial charge in [-0.15, -0.1) is 0 Å². The third kappa shape index (κ3) is 5.04. The molecule has 2 aliphatic rings. The molecule has 2 atom stereocenters. The molecule has 3 N–H and O–H groups in total. The van der Waals surface area contributed by atoms with Crippen molar-refractivity contribution < 1.29 is 24.2 Å². The first-order chi connectivity index (χ1) is 17.0. The van der Waals surface area contributed by atoms with Gasteiger partial charge in [0.25, 0.3) is 0 Å². The van der Waals surface area contributed by atoms with E-state index in [9.17, 15) is 14.4 Å². The average Bonchev–Trinajstić information content (AvgIpc) is 3.56. The van der Waals surface area contributed by atoms with Crippen LogP contribution in [0.25, 0.3) is 11.1 Å². The molecule has 178 valence electrons. The fourth-order valence-corrected chi connectivity index (χ4v) is 4.83. The molecule has 7 nitrogen and oxygen atoms in total. The minimum Gasteiger partial charge on any atom is -0.481 e. The zero-order chi connectivity index (χ0) is 24.4. The van der Waals surface area contributed by atoms with Crippen LogP contribution < -0.4 is 10.6 Å². The van der Waals surface area contributed by atoms with Crippen molar-refractivity contribution in [2.24, 2.45) is 11.8 Å². The first kappa shape index (κ1) is 22.7. The van der Waals surface area contributed by atoms with Gasteiger partial charge in [-0.3, -0.25) is 9.59 Å². The van der Waals surface area contributed by atoms with Crippen molar-refractivity contribution in [3.8, 4) is 11.1 Å². The number of carboxylic acid groups (broad SMARTS) is 1. The van der Waals surface area contributed by atoms with Crippen LogP contribution in [-0.4, -0.2) is 36.2 Å². The Labute approximate surface area is 203 Å². The van der Waals surface area contributed by atoms with Gasteiger partial charge in [0.1, 0.15) is 6.61 Å². The number of anilines is 1. The Morgan fingerprint density at radius 2 is 1.60 bits per heavy atom. The number of aliphatic carboxylic acids is 1. The lowest BCUT2D eigenvalue weighted by Crippen LogP contribution is -2.29. The van der Waals surface area contributed by atoms with Gasteiger partial charge in [0.15, 0.2) is 0 Å². The summed E-state index contributed by atoms with van der Waals surface area (Å²) in [6, 6.07) is 23.2. The molecule has 0 aliphatic heterocycles. The van der Waals surface area contributed by atoms with Crippen LogP contribution in [0.3, 0.4) is 0 Å². The molecule has 7 heteroatoms. The van der Waals surface area contributed by atoms with Crippen molar-refractivity contribution in [2.45, 2.75) is 18.8 Å². The Hall–Kier alpha value is -4.13. The smallest absolute Gasteiger partial charge is 0.407 e. The summed E-state index contributed by atoms with van der Waals surface area (Å²) in [7, 11) is 0. The molecule has 0 radical (unpaired) electrons. The Morgan fingerprint density at radius 3 is 2.29 bits per heavy atom.